The van der Waals surface area contributed by atoms with Gasteiger partial charge in [0.1, 0.15) is 0 Å². The molecule has 166 valence electrons. The molecule has 2 N–H and O–H groups in total. The van der Waals surface area contributed by atoms with Crippen molar-refractivity contribution in [3.05, 3.63) is 70.0 Å². The number of nitrogens with one attached hydrogen (secondary N) is 2. The summed E-state index contributed by atoms with van der Waals surface area (Å²) >= 11 is 5.72. The fraction of sp³-hybridized carbons (Fsp3) is 0.333. The van der Waals surface area contributed by atoms with Crippen LogP contribution in [0.15, 0.2) is 53.3 Å². The number of benzene rings is 2. The molecule has 3 aromatic rings. The minimum absolute atomic E-state index is 0.142. The zero-order valence-electron chi connectivity index (χ0n) is 17.6. The van der Waals surface area contributed by atoms with Gasteiger partial charge in [-0.05, 0) is 42.8 Å². The van der Waals surface area contributed by atoms with E-state index in [9.17, 15) is 4.79 Å². The summed E-state index contributed by atoms with van der Waals surface area (Å²) in [6.07, 6.45) is 2.30. The summed E-state index contributed by atoms with van der Waals surface area (Å²) in [5.41, 5.74) is 2.33. The number of aromatic nitrogens is 1. The van der Waals surface area contributed by atoms with Crippen LogP contribution in [0.1, 0.15) is 24.0 Å². The van der Waals surface area contributed by atoms with E-state index in [1.165, 1.54) is 0 Å². The first-order valence-electron chi connectivity index (χ1n) is 10.8. The number of ether oxygens (including phenoxy) is 3. The molecule has 0 aliphatic carbocycles. The Morgan fingerprint density at radius 3 is 2.72 bits per heavy atom. The van der Waals surface area contributed by atoms with E-state index in [0.29, 0.717) is 41.8 Å². The average Bonchev–Trinajstić information content (AvgIpc) is 3.48. The third-order valence-electron chi connectivity index (χ3n) is 5.78. The van der Waals surface area contributed by atoms with Gasteiger partial charge in [0.15, 0.2) is 16.6 Å². The van der Waals surface area contributed by atoms with Crippen LogP contribution in [0, 0.1) is 0 Å². The number of hydrogen-bond acceptors (Lipinski definition) is 5. The molecule has 3 heterocycles. The smallest absolute Gasteiger partial charge is 0.253 e. The first-order valence-corrected chi connectivity index (χ1v) is 11.2. The lowest BCUT2D eigenvalue weighted by Crippen LogP contribution is -2.42. The third-order valence-corrected chi connectivity index (χ3v) is 6.19. The lowest BCUT2D eigenvalue weighted by atomic mass is 10.1. The van der Waals surface area contributed by atoms with E-state index >= 15 is 0 Å². The fourth-order valence-electron chi connectivity index (χ4n) is 4.09. The first-order chi connectivity index (χ1) is 15.7. The summed E-state index contributed by atoms with van der Waals surface area (Å²) < 4.78 is 16.6. The van der Waals surface area contributed by atoms with Gasteiger partial charge < -0.3 is 29.4 Å². The number of nitrogens with zero attached hydrogens (tertiary/aromatic N) is 1. The van der Waals surface area contributed by atoms with Gasteiger partial charge in [0.05, 0.1) is 18.2 Å². The van der Waals surface area contributed by atoms with Crippen molar-refractivity contribution in [2.45, 2.75) is 32.0 Å². The fourth-order valence-corrected chi connectivity index (χ4v) is 4.30. The van der Waals surface area contributed by atoms with E-state index in [-0.39, 0.29) is 18.5 Å². The standard InChI is InChI=1S/C24H25N3O4S/c28-23-18(9-17-10-21-22(31-15-30-21)11-20(17)26-23)14-27(13-16-5-2-1-3-6-16)24(32)25-12-19-7-4-8-29-19/h1-3,5-6,9-11,19H,4,7-8,12-15H2,(H,25,32)(H,26,28)/t19-/m0/s1. The van der Waals surface area contributed by atoms with Crippen LogP contribution in [0.3, 0.4) is 0 Å². The topological polar surface area (TPSA) is 75.8 Å². The summed E-state index contributed by atoms with van der Waals surface area (Å²) in [6.45, 7) is 2.64. The number of rotatable bonds is 6. The van der Waals surface area contributed by atoms with E-state index in [0.717, 1.165) is 35.9 Å². The van der Waals surface area contributed by atoms with E-state index in [2.05, 4.69) is 22.4 Å². The summed E-state index contributed by atoms with van der Waals surface area (Å²) in [5.74, 6) is 1.33. The van der Waals surface area contributed by atoms with E-state index in [1.807, 2.05) is 35.2 Å². The van der Waals surface area contributed by atoms with Crippen molar-refractivity contribution in [2.75, 3.05) is 19.9 Å². The summed E-state index contributed by atoms with van der Waals surface area (Å²) in [5, 5.41) is 4.84. The number of thiocarbonyl (C=S) groups is 1. The molecule has 1 saturated heterocycles. The van der Waals surface area contributed by atoms with Gasteiger partial charge in [0.25, 0.3) is 5.56 Å². The molecule has 2 aromatic carbocycles. The Morgan fingerprint density at radius 1 is 1.12 bits per heavy atom. The summed E-state index contributed by atoms with van der Waals surface area (Å²) in [7, 11) is 0. The molecule has 1 fully saturated rings. The highest BCUT2D eigenvalue weighted by Gasteiger charge is 2.20. The van der Waals surface area contributed by atoms with Crippen molar-refractivity contribution in [3.8, 4) is 11.5 Å². The largest absolute Gasteiger partial charge is 0.454 e. The Labute approximate surface area is 191 Å². The average molecular weight is 452 g/mol. The maximum atomic E-state index is 12.9. The van der Waals surface area contributed by atoms with Crippen LogP contribution in [0.25, 0.3) is 10.9 Å². The van der Waals surface area contributed by atoms with Gasteiger partial charge in [0, 0.05) is 36.7 Å². The molecular formula is C24H25N3O4S. The van der Waals surface area contributed by atoms with Crippen LogP contribution in [0.2, 0.25) is 0 Å². The van der Waals surface area contributed by atoms with Crippen molar-refractivity contribution >= 4 is 28.2 Å². The highest BCUT2D eigenvalue weighted by Crippen LogP contribution is 2.35. The highest BCUT2D eigenvalue weighted by molar-refractivity contribution is 7.80. The molecular weight excluding hydrogens is 426 g/mol. The molecule has 32 heavy (non-hydrogen) atoms. The van der Waals surface area contributed by atoms with Gasteiger partial charge in [0.2, 0.25) is 6.79 Å². The van der Waals surface area contributed by atoms with Crippen LogP contribution >= 0.6 is 12.2 Å². The van der Waals surface area contributed by atoms with E-state index < -0.39 is 0 Å². The van der Waals surface area contributed by atoms with Gasteiger partial charge >= 0.3 is 0 Å². The SMILES string of the molecule is O=c1[nH]c2cc3c(cc2cc1CN(Cc1ccccc1)C(=S)NC[C@@H]1CCCO1)OCO3. The predicted octanol–water partition coefficient (Wildman–Crippen LogP) is 3.31. The van der Waals surface area contributed by atoms with Crippen LogP contribution in [-0.2, 0) is 17.8 Å². The molecule has 0 bridgehead atoms. The zero-order valence-corrected chi connectivity index (χ0v) is 18.5. The minimum atomic E-state index is -0.142. The second kappa shape index (κ2) is 9.18. The van der Waals surface area contributed by atoms with Gasteiger partial charge in [-0.3, -0.25) is 4.79 Å². The lowest BCUT2D eigenvalue weighted by molar-refractivity contribution is 0.113. The van der Waals surface area contributed by atoms with Gasteiger partial charge in [-0.2, -0.15) is 0 Å². The highest BCUT2D eigenvalue weighted by atomic mass is 32.1. The maximum absolute atomic E-state index is 12.9. The normalized spacial score (nSPS) is 16.9. The van der Waals surface area contributed by atoms with Crippen molar-refractivity contribution in [1.29, 1.82) is 0 Å². The van der Waals surface area contributed by atoms with Crippen molar-refractivity contribution in [3.63, 3.8) is 0 Å². The number of fused-ring (bicyclic) bond motifs is 2. The third kappa shape index (κ3) is 4.56. The number of pyridine rings is 1. The number of H-pyrrole nitrogens is 1. The molecule has 7 nitrogen and oxygen atoms in total. The molecule has 0 radical (unpaired) electrons. The van der Waals surface area contributed by atoms with Crippen LogP contribution in [-0.4, -0.2) is 41.0 Å². The minimum Gasteiger partial charge on any atom is -0.454 e. The molecule has 0 spiro atoms. The molecule has 8 heteroatoms. The predicted molar refractivity (Wildman–Crippen MR) is 126 cm³/mol. The van der Waals surface area contributed by atoms with Crippen LogP contribution < -0.4 is 20.3 Å². The second-order valence-corrected chi connectivity index (χ2v) is 8.47. The van der Waals surface area contributed by atoms with Gasteiger partial charge in [-0.15, -0.1) is 0 Å². The molecule has 1 atom stereocenters. The number of hydrogen-bond donors (Lipinski definition) is 2. The first kappa shape index (κ1) is 20.8. The Balaban J connectivity index is 1.39. The molecule has 2 aliphatic rings. The van der Waals surface area contributed by atoms with Crippen molar-refractivity contribution in [2.24, 2.45) is 0 Å². The van der Waals surface area contributed by atoms with Crippen LogP contribution in [0.5, 0.6) is 11.5 Å². The van der Waals surface area contributed by atoms with E-state index in [4.69, 9.17) is 26.4 Å². The lowest BCUT2D eigenvalue weighted by Gasteiger charge is -2.27. The Kier molecular flexibility index (Phi) is 5.96. The zero-order chi connectivity index (χ0) is 21.9. The maximum Gasteiger partial charge on any atom is 0.253 e. The quantitative estimate of drug-likeness (QED) is 0.557. The Morgan fingerprint density at radius 2 is 1.94 bits per heavy atom. The van der Waals surface area contributed by atoms with Crippen molar-refractivity contribution < 1.29 is 14.2 Å². The van der Waals surface area contributed by atoms with E-state index in [1.54, 1.807) is 6.07 Å². The van der Waals surface area contributed by atoms with Gasteiger partial charge in [-0.1, -0.05) is 30.3 Å². The molecule has 5 rings (SSSR count). The molecule has 0 saturated carbocycles. The summed E-state index contributed by atoms with van der Waals surface area (Å²) in [6, 6.07) is 15.7. The number of aromatic amines is 1. The van der Waals surface area contributed by atoms with Crippen molar-refractivity contribution in [1.82, 2.24) is 15.2 Å². The summed E-state index contributed by atoms with van der Waals surface area (Å²) in [4.78, 5) is 17.9. The Hall–Kier alpha value is -3.10. The molecule has 1 aromatic heterocycles. The second-order valence-electron chi connectivity index (χ2n) is 8.08. The molecule has 2 aliphatic heterocycles. The van der Waals surface area contributed by atoms with Gasteiger partial charge in [-0.25, -0.2) is 0 Å². The van der Waals surface area contributed by atoms with Crippen LogP contribution in [0.4, 0.5) is 0 Å². The Bertz CT molecular complexity index is 1180. The molecule has 0 unspecified atom stereocenters. The molecule has 0 amide bonds. The monoisotopic (exact) mass is 451 g/mol.